The molecule has 1 N–H and O–H groups in total. The largest absolute Gasteiger partial charge is 0.497 e. The summed E-state index contributed by atoms with van der Waals surface area (Å²) in [5.74, 6) is 0.995. The number of benzene rings is 1. The van der Waals surface area contributed by atoms with Gasteiger partial charge in [-0.15, -0.1) is 0 Å². The molecule has 7 nitrogen and oxygen atoms in total. The van der Waals surface area contributed by atoms with Gasteiger partial charge in [0.2, 0.25) is 5.95 Å². The number of hydrogen-bond acceptors (Lipinski definition) is 6. The first-order valence-corrected chi connectivity index (χ1v) is 8.40. The van der Waals surface area contributed by atoms with Crippen LogP contribution < -0.4 is 10.1 Å². The SMILES string of the molecule is CCCC1=C(C(=O)OCC)[C@H](c2cccc(OC)c2)n2ncnc2N1. The molecule has 0 unspecified atom stereocenters. The number of carbonyl (C=O) groups excluding carboxylic acids is 1. The third-order valence-corrected chi connectivity index (χ3v) is 4.08. The fraction of sp³-hybridized carbons (Fsp3) is 0.389. The van der Waals surface area contributed by atoms with Crippen LogP contribution in [0.2, 0.25) is 0 Å². The molecule has 1 aromatic heterocycles. The Hall–Kier alpha value is -2.83. The van der Waals surface area contributed by atoms with E-state index < -0.39 is 6.04 Å². The first-order chi connectivity index (χ1) is 12.2. The van der Waals surface area contributed by atoms with Gasteiger partial charge >= 0.3 is 5.97 Å². The molecular formula is C18H22N4O3. The van der Waals surface area contributed by atoms with Crippen LogP contribution in [0.5, 0.6) is 5.75 Å². The lowest BCUT2D eigenvalue weighted by Gasteiger charge is -2.29. The van der Waals surface area contributed by atoms with Crippen LogP contribution in [0.25, 0.3) is 0 Å². The number of rotatable bonds is 6. The molecule has 0 fully saturated rings. The second-order valence-corrected chi connectivity index (χ2v) is 5.70. The van der Waals surface area contributed by atoms with Crippen LogP contribution in [-0.2, 0) is 9.53 Å². The number of aromatic nitrogens is 3. The maximum Gasteiger partial charge on any atom is 0.338 e. The van der Waals surface area contributed by atoms with E-state index in [0.29, 0.717) is 18.1 Å². The number of anilines is 1. The summed E-state index contributed by atoms with van der Waals surface area (Å²) in [4.78, 5) is 17.0. The molecule has 1 aliphatic rings. The molecule has 0 aliphatic carbocycles. The summed E-state index contributed by atoms with van der Waals surface area (Å²) in [6.07, 6.45) is 3.10. The van der Waals surface area contributed by atoms with Crippen molar-refractivity contribution < 1.29 is 14.3 Å². The third-order valence-electron chi connectivity index (χ3n) is 4.08. The minimum absolute atomic E-state index is 0.316. The monoisotopic (exact) mass is 342 g/mol. The van der Waals surface area contributed by atoms with Gasteiger partial charge < -0.3 is 14.8 Å². The van der Waals surface area contributed by atoms with Crippen LogP contribution in [0.15, 0.2) is 41.9 Å². The second-order valence-electron chi connectivity index (χ2n) is 5.70. The molecule has 1 aromatic carbocycles. The topological polar surface area (TPSA) is 78.3 Å². The molecule has 3 rings (SSSR count). The fourth-order valence-corrected chi connectivity index (χ4v) is 3.03. The van der Waals surface area contributed by atoms with E-state index in [2.05, 4.69) is 22.3 Å². The highest BCUT2D eigenvalue weighted by atomic mass is 16.5. The quantitative estimate of drug-likeness (QED) is 0.813. The van der Waals surface area contributed by atoms with Crippen molar-refractivity contribution in [2.45, 2.75) is 32.7 Å². The van der Waals surface area contributed by atoms with E-state index >= 15 is 0 Å². The zero-order valence-corrected chi connectivity index (χ0v) is 14.7. The summed E-state index contributed by atoms with van der Waals surface area (Å²) in [6, 6.07) is 7.22. The Bertz CT molecular complexity index is 797. The minimum Gasteiger partial charge on any atom is -0.497 e. The third kappa shape index (κ3) is 3.22. The Morgan fingerprint density at radius 2 is 2.20 bits per heavy atom. The van der Waals surface area contributed by atoms with Gasteiger partial charge in [-0.1, -0.05) is 25.5 Å². The Balaban J connectivity index is 2.17. The lowest BCUT2D eigenvalue weighted by atomic mass is 9.94. The van der Waals surface area contributed by atoms with Crippen LogP contribution in [0.3, 0.4) is 0 Å². The summed E-state index contributed by atoms with van der Waals surface area (Å²) < 4.78 is 12.4. The van der Waals surface area contributed by atoms with Gasteiger partial charge in [0.05, 0.1) is 19.3 Å². The van der Waals surface area contributed by atoms with E-state index in [9.17, 15) is 4.79 Å². The van der Waals surface area contributed by atoms with E-state index in [0.717, 1.165) is 29.9 Å². The molecule has 0 amide bonds. The highest BCUT2D eigenvalue weighted by molar-refractivity contribution is 5.92. The average molecular weight is 342 g/mol. The van der Waals surface area contributed by atoms with E-state index in [1.54, 1.807) is 18.7 Å². The molecular weight excluding hydrogens is 320 g/mol. The number of carbonyl (C=O) groups is 1. The number of hydrogen-bond donors (Lipinski definition) is 1. The number of fused-ring (bicyclic) bond motifs is 1. The molecule has 0 bridgehead atoms. The van der Waals surface area contributed by atoms with Gasteiger partial charge in [-0.05, 0) is 31.0 Å². The first kappa shape index (κ1) is 17.0. The van der Waals surface area contributed by atoms with Crippen LogP contribution in [-0.4, -0.2) is 34.5 Å². The molecule has 0 saturated heterocycles. The van der Waals surface area contributed by atoms with Crippen molar-refractivity contribution in [3.63, 3.8) is 0 Å². The van der Waals surface area contributed by atoms with Crippen molar-refractivity contribution in [2.24, 2.45) is 0 Å². The number of ether oxygens (including phenoxy) is 2. The number of esters is 1. The Morgan fingerprint density at radius 3 is 2.92 bits per heavy atom. The fourth-order valence-electron chi connectivity index (χ4n) is 3.03. The van der Waals surface area contributed by atoms with E-state index in [1.807, 2.05) is 24.3 Å². The Kier molecular flexibility index (Phi) is 5.02. The first-order valence-electron chi connectivity index (χ1n) is 8.40. The number of nitrogens with zero attached hydrogens (tertiary/aromatic N) is 3. The van der Waals surface area contributed by atoms with Crippen molar-refractivity contribution in [3.8, 4) is 5.75 Å². The number of nitrogens with one attached hydrogen (secondary N) is 1. The summed E-state index contributed by atoms with van der Waals surface area (Å²) in [6.45, 7) is 4.18. The average Bonchev–Trinajstić information content (AvgIpc) is 3.09. The predicted octanol–water partition coefficient (Wildman–Crippen LogP) is 2.92. The summed E-state index contributed by atoms with van der Waals surface area (Å²) in [5.41, 5.74) is 2.29. The second kappa shape index (κ2) is 7.38. The molecule has 2 heterocycles. The van der Waals surface area contributed by atoms with E-state index in [1.165, 1.54) is 6.33 Å². The summed E-state index contributed by atoms with van der Waals surface area (Å²) >= 11 is 0. The van der Waals surface area contributed by atoms with Gasteiger partial charge in [0.1, 0.15) is 18.1 Å². The van der Waals surface area contributed by atoms with Crippen molar-refractivity contribution in [3.05, 3.63) is 47.4 Å². The number of methoxy groups -OCH3 is 1. The van der Waals surface area contributed by atoms with Crippen molar-refractivity contribution in [1.82, 2.24) is 14.8 Å². The van der Waals surface area contributed by atoms with Crippen molar-refractivity contribution in [2.75, 3.05) is 19.0 Å². The maximum absolute atomic E-state index is 12.7. The van der Waals surface area contributed by atoms with E-state index in [-0.39, 0.29) is 5.97 Å². The Morgan fingerprint density at radius 1 is 1.36 bits per heavy atom. The molecule has 0 radical (unpaired) electrons. The summed E-state index contributed by atoms with van der Waals surface area (Å²) in [5, 5.41) is 7.55. The molecule has 132 valence electrons. The molecule has 0 spiro atoms. The maximum atomic E-state index is 12.7. The highest BCUT2D eigenvalue weighted by Gasteiger charge is 2.35. The lowest BCUT2D eigenvalue weighted by molar-refractivity contribution is -0.139. The smallest absolute Gasteiger partial charge is 0.338 e. The molecule has 2 aromatic rings. The molecule has 1 aliphatic heterocycles. The molecule has 0 saturated carbocycles. The normalized spacial score (nSPS) is 16.2. The standard InChI is InChI=1S/C18H22N4O3/c1-4-7-14-15(17(23)25-5-2)16(22-18(21-14)19-11-20-22)12-8-6-9-13(10-12)24-3/h6,8-11,16H,4-5,7H2,1-3H3,(H,19,20,21)/t16-/m0/s1. The van der Waals surface area contributed by atoms with Crippen LogP contribution in [0.4, 0.5) is 5.95 Å². The lowest BCUT2D eigenvalue weighted by Crippen LogP contribution is -2.30. The van der Waals surface area contributed by atoms with Crippen molar-refractivity contribution in [1.29, 1.82) is 0 Å². The van der Waals surface area contributed by atoms with Gasteiger partial charge in [0.25, 0.3) is 0 Å². The van der Waals surface area contributed by atoms with Crippen LogP contribution >= 0.6 is 0 Å². The van der Waals surface area contributed by atoms with Crippen LogP contribution in [0.1, 0.15) is 38.3 Å². The predicted molar refractivity (Wildman–Crippen MR) is 93.3 cm³/mol. The summed E-state index contributed by atoms with van der Waals surface area (Å²) in [7, 11) is 1.62. The highest BCUT2D eigenvalue weighted by Crippen LogP contribution is 2.37. The van der Waals surface area contributed by atoms with Gasteiger partial charge in [-0.2, -0.15) is 10.1 Å². The molecule has 25 heavy (non-hydrogen) atoms. The van der Waals surface area contributed by atoms with Gasteiger partial charge in [0.15, 0.2) is 0 Å². The minimum atomic E-state index is -0.408. The van der Waals surface area contributed by atoms with Crippen molar-refractivity contribution >= 4 is 11.9 Å². The molecule has 7 heteroatoms. The van der Waals surface area contributed by atoms with Gasteiger partial charge in [-0.25, -0.2) is 9.48 Å². The zero-order chi connectivity index (χ0) is 17.8. The van der Waals surface area contributed by atoms with E-state index in [4.69, 9.17) is 9.47 Å². The zero-order valence-electron chi connectivity index (χ0n) is 14.7. The molecule has 1 atom stereocenters. The van der Waals surface area contributed by atoms with Gasteiger partial charge in [-0.3, -0.25) is 0 Å². The van der Waals surface area contributed by atoms with Gasteiger partial charge in [0, 0.05) is 5.70 Å². The van der Waals surface area contributed by atoms with Crippen LogP contribution in [0, 0.1) is 0 Å². The Labute approximate surface area is 146 Å². The number of allylic oxidation sites excluding steroid dienone is 1.